The van der Waals surface area contributed by atoms with Crippen LogP contribution in [-0.4, -0.2) is 54.8 Å². The molecule has 1 amide bonds. The fourth-order valence-corrected chi connectivity index (χ4v) is 2.11. The number of rotatable bonds is 9. The maximum absolute atomic E-state index is 13.2. The third-order valence-corrected chi connectivity index (χ3v) is 3.76. The molecule has 0 aliphatic rings. The van der Waals surface area contributed by atoms with Gasteiger partial charge >= 0.3 is 6.18 Å². The van der Waals surface area contributed by atoms with Gasteiger partial charge in [-0.15, -0.1) is 0 Å². The van der Waals surface area contributed by atoms with Crippen molar-refractivity contribution in [1.82, 2.24) is 5.32 Å². The zero-order chi connectivity index (χ0) is 22.0. The van der Waals surface area contributed by atoms with Gasteiger partial charge in [-0.05, 0) is 30.2 Å². The van der Waals surface area contributed by atoms with Crippen molar-refractivity contribution in [2.45, 2.75) is 46.4 Å². The van der Waals surface area contributed by atoms with Gasteiger partial charge in [0.05, 0.1) is 20.3 Å². The van der Waals surface area contributed by atoms with Crippen LogP contribution in [0.3, 0.4) is 0 Å². The monoisotopic (exact) mass is 423 g/mol. The minimum absolute atomic E-state index is 0. The molecule has 0 saturated heterocycles. The normalized spacial score (nSPS) is 12.4. The van der Waals surface area contributed by atoms with Crippen LogP contribution in [0.5, 0.6) is 11.5 Å². The number of alkyl halides is 3. The summed E-state index contributed by atoms with van der Waals surface area (Å²) in [6.45, 7) is 7.41. The Labute approximate surface area is 170 Å². The highest BCUT2D eigenvalue weighted by Crippen LogP contribution is 2.36. The molecule has 1 unspecified atom stereocenters. The van der Waals surface area contributed by atoms with Gasteiger partial charge in [-0.3, -0.25) is 4.79 Å². The number of carbonyl (C=O) groups is 1. The molecule has 29 heavy (non-hydrogen) atoms. The van der Waals surface area contributed by atoms with E-state index >= 15 is 0 Å². The van der Waals surface area contributed by atoms with Crippen molar-refractivity contribution in [3.8, 4) is 11.5 Å². The summed E-state index contributed by atoms with van der Waals surface area (Å²) in [5.74, 6) is -0.386. The van der Waals surface area contributed by atoms with E-state index in [-0.39, 0.29) is 44.1 Å². The van der Waals surface area contributed by atoms with Gasteiger partial charge in [0.1, 0.15) is 6.61 Å². The Morgan fingerprint density at radius 3 is 2.28 bits per heavy atom. The summed E-state index contributed by atoms with van der Waals surface area (Å²) in [6, 6.07) is 4.00. The Kier molecular flexibility index (Phi) is 13.0. The van der Waals surface area contributed by atoms with Crippen LogP contribution in [0.1, 0.15) is 45.0 Å². The average Bonchev–Trinajstić information content (AvgIpc) is 2.69. The minimum atomic E-state index is -4.98. The average molecular weight is 423 g/mol. The lowest BCUT2D eigenvalue weighted by atomic mass is 9.92. The third kappa shape index (κ3) is 7.58. The van der Waals surface area contributed by atoms with E-state index in [9.17, 15) is 23.1 Å². The summed E-state index contributed by atoms with van der Waals surface area (Å²) in [4.78, 5) is 12.2. The second-order valence-corrected chi connectivity index (χ2v) is 5.44. The minimum Gasteiger partial charge on any atom is -0.493 e. The molecule has 1 aromatic rings. The van der Waals surface area contributed by atoms with E-state index in [4.69, 9.17) is 14.6 Å². The molecule has 6 nitrogen and oxygen atoms in total. The number of hydrogen-bond donors (Lipinski definition) is 3. The predicted octanol–water partition coefficient (Wildman–Crippen LogP) is 3.72. The highest BCUT2D eigenvalue weighted by atomic mass is 19.4. The van der Waals surface area contributed by atoms with Crippen molar-refractivity contribution in [2.24, 2.45) is 0 Å². The van der Waals surface area contributed by atoms with Crippen molar-refractivity contribution >= 4 is 5.91 Å². The van der Waals surface area contributed by atoms with E-state index in [0.29, 0.717) is 0 Å². The lowest BCUT2D eigenvalue weighted by molar-refractivity contribution is -0.241. The first kappa shape index (κ1) is 28.9. The lowest BCUT2D eigenvalue weighted by Gasteiger charge is -2.32. The number of aliphatic hydroxyl groups is 2. The van der Waals surface area contributed by atoms with Crippen LogP contribution in [0.25, 0.3) is 0 Å². The van der Waals surface area contributed by atoms with E-state index in [0.717, 1.165) is 0 Å². The molecule has 0 aliphatic heterocycles. The molecule has 3 N–H and O–H groups in total. The highest BCUT2D eigenvalue weighted by Gasteiger charge is 2.55. The standard InChI is InChI=1S/C17H22F3NO5.C2H6.CH4/c1-4-11(2)16(24,17(18,19)20)10-21-15(23)12-5-6-13(26-8-7-22)14(9-12)25-3;1-2;/h5-6,9,22,24H,2,4,7-8,10H2,1,3H3,(H,21,23);1-2H3;1H4. The topological polar surface area (TPSA) is 88.0 Å². The molecular formula is C20H32F3NO5. The van der Waals surface area contributed by atoms with Gasteiger partial charge in [0.2, 0.25) is 0 Å². The summed E-state index contributed by atoms with van der Waals surface area (Å²) in [5.41, 5.74) is -3.65. The molecule has 0 spiro atoms. The first-order valence-corrected chi connectivity index (χ1v) is 8.78. The van der Waals surface area contributed by atoms with Crippen LogP contribution in [0.15, 0.2) is 30.4 Å². The van der Waals surface area contributed by atoms with E-state index in [2.05, 4.69) is 11.9 Å². The zero-order valence-corrected chi connectivity index (χ0v) is 16.5. The fraction of sp³-hybridized carbons (Fsp3) is 0.550. The number of aliphatic hydroxyl groups excluding tert-OH is 1. The smallest absolute Gasteiger partial charge is 0.422 e. The van der Waals surface area contributed by atoms with E-state index < -0.39 is 29.8 Å². The molecular weight excluding hydrogens is 391 g/mol. The Bertz CT molecular complexity index is 649. The van der Waals surface area contributed by atoms with Gasteiger partial charge in [0.15, 0.2) is 17.1 Å². The number of ether oxygens (including phenoxy) is 2. The highest BCUT2D eigenvalue weighted by molar-refractivity contribution is 5.95. The molecule has 1 rings (SSSR count). The van der Waals surface area contributed by atoms with Crippen molar-refractivity contribution in [1.29, 1.82) is 0 Å². The Hall–Kier alpha value is -2.26. The Balaban J connectivity index is 0. The number of amides is 1. The predicted molar refractivity (Wildman–Crippen MR) is 106 cm³/mol. The quantitative estimate of drug-likeness (QED) is 0.527. The van der Waals surface area contributed by atoms with Gasteiger partial charge in [0.25, 0.3) is 5.91 Å². The third-order valence-electron chi connectivity index (χ3n) is 3.76. The van der Waals surface area contributed by atoms with Crippen molar-refractivity contribution in [2.75, 3.05) is 26.9 Å². The molecule has 0 aromatic heterocycles. The fourth-order valence-electron chi connectivity index (χ4n) is 2.11. The van der Waals surface area contributed by atoms with Crippen molar-refractivity contribution in [3.63, 3.8) is 0 Å². The summed E-state index contributed by atoms with van der Waals surface area (Å²) >= 11 is 0. The van der Waals surface area contributed by atoms with Crippen LogP contribution in [-0.2, 0) is 0 Å². The lowest BCUT2D eigenvalue weighted by Crippen LogP contribution is -2.54. The van der Waals surface area contributed by atoms with Crippen LogP contribution in [0.4, 0.5) is 13.2 Å². The van der Waals surface area contributed by atoms with E-state index in [1.54, 1.807) is 0 Å². The van der Waals surface area contributed by atoms with Crippen molar-refractivity contribution in [3.05, 3.63) is 35.9 Å². The first-order chi connectivity index (χ1) is 13.1. The van der Waals surface area contributed by atoms with Gasteiger partial charge in [0, 0.05) is 5.56 Å². The Morgan fingerprint density at radius 1 is 1.24 bits per heavy atom. The number of nitrogens with one attached hydrogen (secondary N) is 1. The second kappa shape index (κ2) is 13.1. The van der Waals surface area contributed by atoms with Gasteiger partial charge in [-0.2, -0.15) is 13.2 Å². The van der Waals surface area contributed by atoms with E-state index in [1.807, 2.05) is 13.8 Å². The summed E-state index contributed by atoms with van der Waals surface area (Å²) < 4.78 is 49.8. The SMILES string of the molecule is C.C=C(CC)C(O)(CNC(=O)c1ccc(OCCO)c(OC)c1)C(F)(F)F.CC. The maximum atomic E-state index is 13.2. The summed E-state index contributed by atoms with van der Waals surface area (Å²) in [6.07, 6.45) is -5.08. The Morgan fingerprint density at radius 2 is 1.83 bits per heavy atom. The molecule has 0 bridgehead atoms. The summed E-state index contributed by atoms with van der Waals surface area (Å²) in [5, 5.41) is 20.8. The van der Waals surface area contributed by atoms with Gasteiger partial charge in [-0.1, -0.05) is 34.8 Å². The van der Waals surface area contributed by atoms with Crippen LogP contribution in [0, 0.1) is 0 Å². The second-order valence-electron chi connectivity index (χ2n) is 5.44. The number of benzene rings is 1. The molecule has 0 fully saturated rings. The molecule has 1 atom stereocenters. The number of carbonyl (C=O) groups excluding carboxylic acids is 1. The molecule has 0 aliphatic carbocycles. The van der Waals surface area contributed by atoms with Gasteiger partial charge in [-0.25, -0.2) is 0 Å². The summed E-state index contributed by atoms with van der Waals surface area (Å²) in [7, 11) is 1.33. The van der Waals surface area contributed by atoms with Crippen LogP contribution in [0.2, 0.25) is 0 Å². The largest absolute Gasteiger partial charge is 0.493 e. The van der Waals surface area contributed by atoms with E-state index in [1.165, 1.54) is 32.2 Å². The molecule has 0 saturated carbocycles. The molecule has 0 heterocycles. The van der Waals surface area contributed by atoms with Crippen LogP contribution >= 0.6 is 0 Å². The number of halogens is 3. The van der Waals surface area contributed by atoms with Crippen molar-refractivity contribution < 1.29 is 37.7 Å². The number of methoxy groups -OCH3 is 1. The number of hydrogen-bond acceptors (Lipinski definition) is 5. The van der Waals surface area contributed by atoms with Crippen LogP contribution < -0.4 is 14.8 Å². The maximum Gasteiger partial charge on any atom is 0.422 e. The zero-order valence-electron chi connectivity index (χ0n) is 16.5. The molecule has 0 radical (unpaired) electrons. The molecule has 9 heteroatoms. The first-order valence-electron chi connectivity index (χ1n) is 8.78. The molecule has 1 aromatic carbocycles. The van der Waals surface area contributed by atoms with Gasteiger partial charge < -0.3 is 25.0 Å². The molecule has 168 valence electrons.